The maximum absolute atomic E-state index is 11.0. The highest BCUT2D eigenvalue weighted by atomic mass is 16.1. The summed E-state index contributed by atoms with van der Waals surface area (Å²) in [6.45, 7) is 10.3. The van der Waals surface area contributed by atoms with Crippen LogP contribution in [0, 0.1) is 6.92 Å². The Labute approximate surface area is 92.5 Å². The largest absolute Gasteiger partial charge is 0.300 e. The van der Waals surface area contributed by atoms with Crippen molar-refractivity contribution in [2.24, 2.45) is 0 Å². The monoisotopic (exact) mass is 204 g/mol. The summed E-state index contributed by atoms with van der Waals surface area (Å²) in [6, 6.07) is 6.40. The molecule has 0 aliphatic heterocycles. The highest BCUT2D eigenvalue weighted by molar-refractivity contribution is 5.78. The molecule has 82 valence electrons. The van der Waals surface area contributed by atoms with Gasteiger partial charge in [0, 0.05) is 6.42 Å². The zero-order valence-corrected chi connectivity index (χ0v) is 10.3. The van der Waals surface area contributed by atoms with Gasteiger partial charge in [0.15, 0.2) is 0 Å². The molecule has 0 unspecified atom stereocenters. The lowest BCUT2D eigenvalue weighted by Gasteiger charge is -2.20. The molecule has 1 heteroatoms. The van der Waals surface area contributed by atoms with E-state index in [1.165, 1.54) is 11.1 Å². The van der Waals surface area contributed by atoms with Gasteiger partial charge in [0.25, 0.3) is 0 Å². The third kappa shape index (κ3) is 3.19. The van der Waals surface area contributed by atoms with E-state index in [0.29, 0.717) is 6.42 Å². The first-order valence-corrected chi connectivity index (χ1v) is 5.40. The molecule has 0 bridgehead atoms. The van der Waals surface area contributed by atoms with Crippen molar-refractivity contribution in [2.45, 2.75) is 46.5 Å². The third-order valence-corrected chi connectivity index (χ3v) is 2.65. The van der Waals surface area contributed by atoms with Crippen LogP contribution in [-0.4, -0.2) is 5.78 Å². The number of carbonyl (C=O) groups excluding carboxylic acids is 1. The van der Waals surface area contributed by atoms with E-state index in [0.717, 1.165) is 5.56 Å². The quantitative estimate of drug-likeness (QED) is 0.721. The lowest BCUT2D eigenvalue weighted by molar-refractivity contribution is -0.116. The molecule has 0 atom stereocenters. The van der Waals surface area contributed by atoms with Gasteiger partial charge in [-0.1, -0.05) is 39.0 Å². The van der Waals surface area contributed by atoms with Crippen molar-refractivity contribution in [3.8, 4) is 0 Å². The number of aryl methyl sites for hydroxylation is 1. The van der Waals surface area contributed by atoms with Crippen LogP contribution in [0.15, 0.2) is 18.2 Å². The fourth-order valence-corrected chi connectivity index (χ4v) is 1.63. The Morgan fingerprint density at radius 1 is 1.27 bits per heavy atom. The minimum absolute atomic E-state index is 0.180. The van der Waals surface area contributed by atoms with Gasteiger partial charge in [-0.2, -0.15) is 0 Å². The van der Waals surface area contributed by atoms with Gasteiger partial charge in [0.2, 0.25) is 0 Å². The molecule has 0 aliphatic carbocycles. The standard InChI is InChI=1S/C14H20O/c1-10-8-13(14(3,4)5)7-6-12(10)9-11(2)15/h6-8H,9H2,1-5H3. The van der Waals surface area contributed by atoms with Crippen molar-refractivity contribution in [3.63, 3.8) is 0 Å². The first kappa shape index (κ1) is 12.0. The highest BCUT2D eigenvalue weighted by Gasteiger charge is 2.14. The van der Waals surface area contributed by atoms with Crippen LogP contribution in [0.3, 0.4) is 0 Å². The average Bonchev–Trinajstić information content (AvgIpc) is 2.05. The molecule has 0 fully saturated rings. The summed E-state index contributed by atoms with van der Waals surface area (Å²) in [7, 11) is 0. The molecule has 0 saturated carbocycles. The maximum atomic E-state index is 11.0. The minimum Gasteiger partial charge on any atom is -0.300 e. The third-order valence-electron chi connectivity index (χ3n) is 2.65. The second-order valence-corrected chi connectivity index (χ2v) is 5.27. The first-order valence-electron chi connectivity index (χ1n) is 5.40. The maximum Gasteiger partial charge on any atom is 0.134 e. The van der Waals surface area contributed by atoms with Gasteiger partial charge in [-0.3, -0.25) is 4.79 Å². The Balaban J connectivity index is 3.03. The molecule has 0 amide bonds. The van der Waals surface area contributed by atoms with E-state index in [1.807, 2.05) is 0 Å². The molecule has 0 radical (unpaired) electrons. The fraction of sp³-hybridized carbons (Fsp3) is 0.500. The van der Waals surface area contributed by atoms with Gasteiger partial charge < -0.3 is 0 Å². The Morgan fingerprint density at radius 2 is 1.87 bits per heavy atom. The molecule has 0 heterocycles. The summed E-state index contributed by atoms with van der Waals surface area (Å²) in [5, 5.41) is 0. The second-order valence-electron chi connectivity index (χ2n) is 5.27. The molecule has 0 N–H and O–H groups in total. The predicted octanol–water partition coefficient (Wildman–Crippen LogP) is 3.42. The molecular weight excluding hydrogens is 184 g/mol. The zero-order valence-electron chi connectivity index (χ0n) is 10.3. The molecule has 0 spiro atoms. The van der Waals surface area contributed by atoms with Crippen LogP contribution < -0.4 is 0 Å². The lowest BCUT2D eigenvalue weighted by Crippen LogP contribution is -2.12. The topological polar surface area (TPSA) is 17.1 Å². The average molecular weight is 204 g/mol. The van der Waals surface area contributed by atoms with Gasteiger partial charge in [0.1, 0.15) is 5.78 Å². The SMILES string of the molecule is CC(=O)Cc1ccc(C(C)(C)C)cc1C. The number of hydrogen-bond donors (Lipinski definition) is 0. The number of ketones is 1. The van der Waals surface area contributed by atoms with Crippen molar-refractivity contribution in [2.75, 3.05) is 0 Å². The van der Waals surface area contributed by atoms with E-state index in [4.69, 9.17) is 0 Å². The highest BCUT2D eigenvalue weighted by Crippen LogP contribution is 2.24. The van der Waals surface area contributed by atoms with E-state index in [2.05, 4.69) is 45.9 Å². The Kier molecular flexibility index (Phi) is 3.33. The molecule has 1 aromatic carbocycles. The number of Topliss-reactive ketones (excluding diaryl/α,β-unsaturated/α-hetero) is 1. The van der Waals surface area contributed by atoms with Crippen molar-refractivity contribution in [1.29, 1.82) is 0 Å². The number of benzene rings is 1. The molecule has 0 saturated heterocycles. The normalized spacial score (nSPS) is 11.5. The molecule has 15 heavy (non-hydrogen) atoms. The van der Waals surface area contributed by atoms with Crippen LogP contribution in [-0.2, 0) is 16.6 Å². The summed E-state index contributed by atoms with van der Waals surface area (Å²) < 4.78 is 0. The molecule has 1 aromatic rings. The Hall–Kier alpha value is -1.11. The Morgan fingerprint density at radius 3 is 2.27 bits per heavy atom. The smallest absolute Gasteiger partial charge is 0.134 e. The van der Waals surface area contributed by atoms with Crippen LogP contribution in [0.2, 0.25) is 0 Å². The van der Waals surface area contributed by atoms with E-state index >= 15 is 0 Å². The van der Waals surface area contributed by atoms with Crippen molar-refractivity contribution >= 4 is 5.78 Å². The van der Waals surface area contributed by atoms with Gasteiger partial charge >= 0.3 is 0 Å². The molecule has 0 aliphatic rings. The summed E-state index contributed by atoms with van der Waals surface area (Å²) in [4.78, 5) is 11.0. The van der Waals surface area contributed by atoms with Crippen molar-refractivity contribution < 1.29 is 4.79 Å². The van der Waals surface area contributed by atoms with Crippen LogP contribution in [0.5, 0.6) is 0 Å². The van der Waals surface area contributed by atoms with Gasteiger partial charge in [-0.25, -0.2) is 0 Å². The molecular formula is C14H20O. The van der Waals surface area contributed by atoms with E-state index in [1.54, 1.807) is 6.92 Å². The van der Waals surface area contributed by atoms with Crippen LogP contribution >= 0.6 is 0 Å². The van der Waals surface area contributed by atoms with Crippen LogP contribution in [0.25, 0.3) is 0 Å². The first-order chi connectivity index (χ1) is 6.80. The molecule has 1 rings (SSSR count). The molecule has 0 aromatic heterocycles. The number of rotatable bonds is 2. The van der Waals surface area contributed by atoms with Crippen LogP contribution in [0.1, 0.15) is 44.4 Å². The summed E-state index contributed by atoms with van der Waals surface area (Å²) in [5.41, 5.74) is 3.87. The molecule has 1 nitrogen and oxygen atoms in total. The van der Waals surface area contributed by atoms with Gasteiger partial charge in [0.05, 0.1) is 0 Å². The van der Waals surface area contributed by atoms with Crippen molar-refractivity contribution in [3.05, 3.63) is 34.9 Å². The second kappa shape index (κ2) is 4.18. The number of carbonyl (C=O) groups is 1. The summed E-state index contributed by atoms with van der Waals surface area (Å²) in [6.07, 6.45) is 0.552. The lowest BCUT2D eigenvalue weighted by atomic mass is 9.85. The minimum atomic E-state index is 0.180. The Bertz CT molecular complexity index is 369. The predicted molar refractivity (Wildman–Crippen MR) is 64.3 cm³/mol. The van der Waals surface area contributed by atoms with Gasteiger partial charge in [-0.05, 0) is 36.0 Å². The van der Waals surface area contributed by atoms with Gasteiger partial charge in [-0.15, -0.1) is 0 Å². The van der Waals surface area contributed by atoms with E-state index < -0.39 is 0 Å². The van der Waals surface area contributed by atoms with E-state index in [9.17, 15) is 4.79 Å². The number of hydrogen-bond acceptors (Lipinski definition) is 1. The zero-order chi connectivity index (χ0) is 11.6. The van der Waals surface area contributed by atoms with Crippen LogP contribution in [0.4, 0.5) is 0 Å². The van der Waals surface area contributed by atoms with Crippen molar-refractivity contribution in [1.82, 2.24) is 0 Å². The van der Waals surface area contributed by atoms with E-state index in [-0.39, 0.29) is 11.2 Å². The fourth-order valence-electron chi connectivity index (χ4n) is 1.63. The summed E-state index contributed by atoms with van der Waals surface area (Å²) in [5.74, 6) is 0.224. The summed E-state index contributed by atoms with van der Waals surface area (Å²) >= 11 is 0.